The maximum atomic E-state index is 12.8. The van der Waals surface area contributed by atoms with Crippen LogP contribution in [0.3, 0.4) is 0 Å². The van der Waals surface area contributed by atoms with Gasteiger partial charge >= 0.3 is 17.9 Å². The van der Waals surface area contributed by atoms with E-state index < -0.39 is 12.1 Å². The molecule has 11 nitrogen and oxygen atoms in total. The molecule has 2 atom stereocenters. The molecule has 2 aromatic rings. The summed E-state index contributed by atoms with van der Waals surface area (Å²) in [5.74, 6) is -1.01. The van der Waals surface area contributed by atoms with Crippen molar-refractivity contribution in [2.24, 2.45) is 0 Å². The van der Waals surface area contributed by atoms with Crippen molar-refractivity contribution in [2.45, 2.75) is 70.0 Å². The van der Waals surface area contributed by atoms with Gasteiger partial charge in [0.25, 0.3) is 0 Å². The summed E-state index contributed by atoms with van der Waals surface area (Å²) < 4.78 is 31.2. The number of hydrogen-bond acceptors (Lipinski definition) is 11. The van der Waals surface area contributed by atoms with Crippen molar-refractivity contribution in [3.8, 4) is 23.6 Å². The molecule has 0 aromatic heterocycles. The van der Waals surface area contributed by atoms with Crippen LogP contribution in [0.5, 0.6) is 11.5 Å². The molecule has 44 heavy (non-hydrogen) atoms. The summed E-state index contributed by atoms with van der Waals surface area (Å²) >= 11 is 0. The fourth-order valence-corrected chi connectivity index (χ4v) is 4.38. The van der Waals surface area contributed by atoms with Crippen LogP contribution in [-0.4, -0.2) is 63.2 Å². The van der Waals surface area contributed by atoms with Crippen LogP contribution in [0.4, 0.5) is 0 Å². The van der Waals surface area contributed by atoms with Crippen LogP contribution in [0.1, 0.15) is 78.4 Å². The number of rotatable bonds is 19. The second kappa shape index (κ2) is 17.0. The second-order valence-corrected chi connectivity index (χ2v) is 10.5. The average Bonchev–Trinajstić information content (AvgIpc) is 3.95. The Morgan fingerprint density at radius 2 is 1.18 bits per heavy atom. The Labute approximate surface area is 256 Å². The average molecular weight is 605 g/mol. The summed E-state index contributed by atoms with van der Waals surface area (Å²) in [6.07, 6.45) is 7.13. The van der Waals surface area contributed by atoms with Gasteiger partial charge in [0.15, 0.2) is 18.0 Å². The van der Waals surface area contributed by atoms with Gasteiger partial charge in [0.05, 0.1) is 38.6 Å². The van der Waals surface area contributed by atoms with Crippen molar-refractivity contribution in [1.82, 2.24) is 0 Å². The van der Waals surface area contributed by atoms with E-state index in [0.29, 0.717) is 51.4 Å². The lowest BCUT2D eigenvalue weighted by atomic mass is 10.0. The molecule has 2 aliphatic rings. The maximum absolute atomic E-state index is 12.8. The molecule has 0 bridgehead atoms. The lowest BCUT2D eigenvalue weighted by Crippen LogP contribution is -2.12. The Kier molecular flexibility index (Phi) is 12.5. The summed E-state index contributed by atoms with van der Waals surface area (Å²) in [5.41, 5.74) is 1.36. The lowest BCUT2D eigenvalue weighted by Gasteiger charge is -2.12. The van der Waals surface area contributed by atoms with E-state index in [9.17, 15) is 24.9 Å². The second-order valence-electron chi connectivity index (χ2n) is 10.5. The summed E-state index contributed by atoms with van der Waals surface area (Å²) in [5, 5.41) is 19.4. The molecule has 2 heterocycles. The van der Waals surface area contributed by atoms with Gasteiger partial charge < -0.3 is 28.4 Å². The van der Waals surface area contributed by atoms with Crippen LogP contribution in [0, 0.1) is 22.7 Å². The zero-order valence-electron chi connectivity index (χ0n) is 24.6. The fourth-order valence-electron chi connectivity index (χ4n) is 4.38. The highest BCUT2D eigenvalue weighted by Crippen LogP contribution is 2.30. The van der Waals surface area contributed by atoms with E-state index in [1.165, 1.54) is 12.1 Å². The van der Waals surface area contributed by atoms with Crippen molar-refractivity contribution < 1.29 is 42.8 Å². The number of ether oxygens (including phenoxy) is 6. The number of nitriles is 2. The Bertz CT molecular complexity index is 1370. The minimum absolute atomic E-state index is 0.000356. The number of unbranched alkanes of at least 4 members (excludes halogenated alkanes) is 6. The molecule has 2 aromatic carbocycles. The predicted octanol–water partition coefficient (Wildman–Crippen LogP) is 4.58. The lowest BCUT2D eigenvalue weighted by molar-refractivity contribution is -0.146. The van der Waals surface area contributed by atoms with Gasteiger partial charge in [-0.15, -0.1) is 0 Å². The molecule has 11 heteroatoms. The standard InChI is InChI=1S/C33H36N2O9/c34-19-25-26(20-35)28(15-14-27(25)39-16-7-4-8-18-41-33(38)30-22-43-30)44-31(36)24-12-10-23(11-13-24)9-5-2-1-3-6-17-40-32(37)29-21-42-29/h10-15,29-30H,1-9,16-18,21-22H2. The molecular weight excluding hydrogens is 568 g/mol. The molecule has 232 valence electrons. The molecule has 0 aliphatic carbocycles. The number of carbonyl (C=O) groups excluding carboxylic acids is 3. The Morgan fingerprint density at radius 1 is 0.682 bits per heavy atom. The highest BCUT2D eigenvalue weighted by atomic mass is 16.6. The predicted molar refractivity (Wildman–Crippen MR) is 155 cm³/mol. The van der Waals surface area contributed by atoms with Gasteiger partial charge in [0, 0.05) is 0 Å². The van der Waals surface area contributed by atoms with E-state index in [2.05, 4.69) is 0 Å². The van der Waals surface area contributed by atoms with Crippen molar-refractivity contribution in [1.29, 1.82) is 10.5 Å². The van der Waals surface area contributed by atoms with Crippen molar-refractivity contribution >= 4 is 17.9 Å². The van der Waals surface area contributed by atoms with Crippen molar-refractivity contribution in [3.63, 3.8) is 0 Å². The van der Waals surface area contributed by atoms with Crippen LogP contribution in [0.2, 0.25) is 0 Å². The first kappa shape index (κ1) is 32.5. The molecular formula is C33H36N2O9. The van der Waals surface area contributed by atoms with E-state index in [0.717, 1.165) is 50.5 Å². The minimum atomic E-state index is -0.631. The Morgan fingerprint density at radius 3 is 1.77 bits per heavy atom. The molecule has 0 N–H and O–H groups in total. The third-order valence-electron chi connectivity index (χ3n) is 7.08. The first-order valence-electron chi connectivity index (χ1n) is 15.0. The Balaban J connectivity index is 1.16. The monoisotopic (exact) mass is 604 g/mol. The van der Waals surface area contributed by atoms with Gasteiger partial charge in [-0.3, -0.25) is 0 Å². The number of carbonyl (C=O) groups is 3. The first-order chi connectivity index (χ1) is 21.5. The van der Waals surface area contributed by atoms with Gasteiger partial charge in [-0.1, -0.05) is 31.4 Å². The summed E-state index contributed by atoms with van der Waals surface area (Å²) in [4.78, 5) is 35.6. The molecule has 0 radical (unpaired) electrons. The van der Waals surface area contributed by atoms with E-state index >= 15 is 0 Å². The fraction of sp³-hybridized carbons (Fsp3) is 0.485. The molecule has 2 unspecified atom stereocenters. The van der Waals surface area contributed by atoms with Crippen LogP contribution in [0.15, 0.2) is 36.4 Å². The van der Waals surface area contributed by atoms with E-state index in [-0.39, 0.29) is 40.7 Å². The van der Waals surface area contributed by atoms with Crippen LogP contribution in [-0.2, 0) is 35.0 Å². The molecule has 2 fully saturated rings. The molecule has 0 amide bonds. The third kappa shape index (κ3) is 10.4. The van der Waals surface area contributed by atoms with Gasteiger partial charge in [-0.25, -0.2) is 14.4 Å². The van der Waals surface area contributed by atoms with Gasteiger partial charge in [0.2, 0.25) is 0 Å². The van der Waals surface area contributed by atoms with Crippen molar-refractivity contribution in [3.05, 3.63) is 58.7 Å². The van der Waals surface area contributed by atoms with E-state index in [1.807, 2.05) is 24.3 Å². The Hall–Kier alpha value is -4.45. The summed E-state index contributed by atoms with van der Waals surface area (Å²) in [6.45, 7) is 1.94. The quantitative estimate of drug-likeness (QED) is 0.0955. The number of hydrogen-bond donors (Lipinski definition) is 0. The van der Waals surface area contributed by atoms with Gasteiger partial charge in [-0.05, 0) is 68.4 Å². The normalized spacial score (nSPS) is 16.2. The van der Waals surface area contributed by atoms with Crippen LogP contribution >= 0.6 is 0 Å². The number of nitrogens with zero attached hydrogens (tertiary/aromatic N) is 2. The number of aryl methyl sites for hydroxylation is 1. The maximum Gasteiger partial charge on any atom is 0.343 e. The molecule has 4 rings (SSSR count). The number of epoxide rings is 2. The van der Waals surface area contributed by atoms with E-state index in [1.54, 1.807) is 12.1 Å². The summed E-state index contributed by atoms with van der Waals surface area (Å²) in [6, 6.07) is 14.0. The summed E-state index contributed by atoms with van der Waals surface area (Å²) in [7, 11) is 0. The number of benzene rings is 2. The molecule has 0 spiro atoms. The highest BCUT2D eigenvalue weighted by molar-refractivity contribution is 5.91. The zero-order valence-corrected chi connectivity index (χ0v) is 24.6. The van der Waals surface area contributed by atoms with Gasteiger partial charge in [-0.2, -0.15) is 10.5 Å². The molecule has 0 saturated carbocycles. The SMILES string of the molecule is N#Cc1c(OCCCCCOC(=O)C2CO2)ccc(OC(=O)c2ccc(CCCCCCCOC(=O)C3CO3)cc2)c1C#N. The first-order valence-corrected chi connectivity index (χ1v) is 15.0. The zero-order chi connectivity index (χ0) is 31.1. The van der Waals surface area contributed by atoms with Crippen LogP contribution in [0.25, 0.3) is 0 Å². The highest BCUT2D eigenvalue weighted by Gasteiger charge is 2.33. The largest absolute Gasteiger partial charge is 0.492 e. The smallest absolute Gasteiger partial charge is 0.343 e. The third-order valence-corrected chi connectivity index (χ3v) is 7.08. The van der Waals surface area contributed by atoms with Gasteiger partial charge in [0.1, 0.15) is 29.0 Å². The minimum Gasteiger partial charge on any atom is -0.492 e. The van der Waals surface area contributed by atoms with Crippen molar-refractivity contribution in [2.75, 3.05) is 33.0 Å². The number of esters is 3. The topological polar surface area (TPSA) is 161 Å². The van der Waals surface area contributed by atoms with Crippen LogP contribution < -0.4 is 9.47 Å². The molecule has 2 aliphatic heterocycles. The van der Waals surface area contributed by atoms with E-state index in [4.69, 9.17) is 28.4 Å². The molecule has 2 saturated heterocycles.